The van der Waals surface area contributed by atoms with Gasteiger partial charge in [0.2, 0.25) is 5.91 Å². The molecule has 0 aromatic carbocycles. The third-order valence-corrected chi connectivity index (χ3v) is 5.84. The molecule has 3 atom stereocenters. The molecule has 1 fully saturated rings. The predicted molar refractivity (Wildman–Crippen MR) is 103 cm³/mol. The van der Waals surface area contributed by atoms with Gasteiger partial charge in [-0.1, -0.05) is 20.8 Å². The highest BCUT2D eigenvalue weighted by Gasteiger charge is 2.45. The highest BCUT2D eigenvalue weighted by atomic mass is 32.2. The average molecular weight is 383 g/mol. The lowest BCUT2D eigenvalue weighted by Gasteiger charge is -2.39. The van der Waals surface area contributed by atoms with E-state index in [0.29, 0.717) is 18.1 Å². The molecule has 0 bridgehead atoms. The van der Waals surface area contributed by atoms with Crippen molar-refractivity contribution >= 4 is 29.5 Å². The Morgan fingerprint density at radius 3 is 2.54 bits per heavy atom. The molecule has 1 heterocycles. The summed E-state index contributed by atoms with van der Waals surface area (Å²) in [5.74, 6) is -0.839. The van der Waals surface area contributed by atoms with Gasteiger partial charge in [0.1, 0.15) is 11.3 Å². The van der Waals surface area contributed by atoms with Crippen molar-refractivity contribution in [1.82, 2.24) is 10.2 Å². The van der Waals surface area contributed by atoms with Crippen LogP contribution in [0.5, 0.6) is 0 Å². The van der Waals surface area contributed by atoms with Crippen molar-refractivity contribution in [3.05, 3.63) is 11.3 Å². The normalized spacial score (nSPS) is 28.4. The van der Waals surface area contributed by atoms with Crippen LogP contribution in [0.3, 0.4) is 0 Å². The predicted octanol–water partition coefficient (Wildman–Crippen LogP) is 2.64. The van der Waals surface area contributed by atoms with Crippen molar-refractivity contribution in [2.75, 3.05) is 12.0 Å². The lowest BCUT2D eigenvalue weighted by Crippen LogP contribution is -2.45. The van der Waals surface area contributed by atoms with Gasteiger partial charge in [0, 0.05) is 13.0 Å². The smallest absolute Gasteiger partial charge is 0.270 e. The van der Waals surface area contributed by atoms with Crippen molar-refractivity contribution in [3.63, 3.8) is 0 Å². The molecule has 2 N–H and O–H groups in total. The first-order chi connectivity index (χ1) is 12.1. The highest BCUT2D eigenvalue weighted by Crippen LogP contribution is 2.38. The van der Waals surface area contributed by atoms with E-state index in [9.17, 15) is 19.5 Å². The van der Waals surface area contributed by atoms with Crippen LogP contribution in [0.15, 0.2) is 11.3 Å². The third kappa shape index (κ3) is 4.42. The van der Waals surface area contributed by atoms with E-state index < -0.39 is 23.8 Å². The molecule has 3 amide bonds. The van der Waals surface area contributed by atoms with Gasteiger partial charge < -0.3 is 10.4 Å². The van der Waals surface area contributed by atoms with Gasteiger partial charge in [-0.2, -0.15) is 11.8 Å². The van der Waals surface area contributed by atoms with Crippen LogP contribution in [0.2, 0.25) is 0 Å². The Bertz CT molecular complexity index is 629. The number of nitrogens with one attached hydrogen (secondary N) is 1. The van der Waals surface area contributed by atoms with Crippen LogP contribution in [-0.2, 0) is 14.4 Å². The molecule has 0 radical (unpaired) electrons. The minimum atomic E-state index is -0.741. The maximum atomic E-state index is 12.7. The fourth-order valence-corrected chi connectivity index (χ4v) is 4.90. The van der Waals surface area contributed by atoms with Crippen molar-refractivity contribution < 1.29 is 19.5 Å². The quantitative estimate of drug-likeness (QED) is 0.714. The van der Waals surface area contributed by atoms with E-state index in [4.69, 9.17) is 0 Å². The maximum Gasteiger partial charge on any atom is 0.270 e. The van der Waals surface area contributed by atoms with Gasteiger partial charge in [0.15, 0.2) is 0 Å². The molecule has 0 saturated heterocycles. The summed E-state index contributed by atoms with van der Waals surface area (Å²) in [5, 5.41) is 13.4. The van der Waals surface area contributed by atoms with E-state index >= 15 is 0 Å². The van der Waals surface area contributed by atoms with Gasteiger partial charge >= 0.3 is 0 Å². The Morgan fingerprint density at radius 2 is 2.00 bits per heavy atom. The standard InChI is InChI=1S/C19H30N2O4S/c1-11-8-13(10-19(3,4)9-11)20-17(24)15-16(23)14(6-7-26-5)21(12(2)22)18(15)25/h11,13-14,23H,6-10H2,1-5H3,(H,20,24). The number of nitrogens with zero attached hydrogens (tertiary/aromatic N) is 1. The van der Waals surface area contributed by atoms with Crippen LogP contribution < -0.4 is 5.32 Å². The summed E-state index contributed by atoms with van der Waals surface area (Å²) in [7, 11) is 0. The van der Waals surface area contributed by atoms with Gasteiger partial charge in [-0.15, -0.1) is 0 Å². The van der Waals surface area contributed by atoms with Crippen molar-refractivity contribution in [1.29, 1.82) is 0 Å². The number of rotatable bonds is 5. The van der Waals surface area contributed by atoms with E-state index in [-0.39, 0.29) is 22.8 Å². The second-order valence-corrected chi connectivity index (χ2v) is 9.32. The molecule has 3 unspecified atom stereocenters. The lowest BCUT2D eigenvalue weighted by atomic mass is 9.70. The molecule has 6 nitrogen and oxygen atoms in total. The zero-order valence-corrected chi connectivity index (χ0v) is 17.1. The van der Waals surface area contributed by atoms with E-state index in [1.165, 1.54) is 6.92 Å². The lowest BCUT2D eigenvalue weighted by molar-refractivity contribution is -0.142. The van der Waals surface area contributed by atoms with E-state index in [0.717, 1.165) is 24.2 Å². The summed E-state index contributed by atoms with van der Waals surface area (Å²) in [4.78, 5) is 38.3. The third-order valence-electron chi connectivity index (χ3n) is 5.20. The van der Waals surface area contributed by atoms with Gasteiger partial charge in [-0.25, -0.2) is 0 Å². The number of hydrogen-bond acceptors (Lipinski definition) is 5. The molecule has 1 saturated carbocycles. The number of imide groups is 1. The molecule has 2 aliphatic rings. The van der Waals surface area contributed by atoms with Gasteiger partial charge in [-0.3, -0.25) is 19.3 Å². The molecule has 0 aromatic rings. The number of thioether (sulfide) groups is 1. The maximum absolute atomic E-state index is 12.7. The van der Waals surface area contributed by atoms with E-state index in [2.05, 4.69) is 26.1 Å². The average Bonchev–Trinajstić information content (AvgIpc) is 2.73. The zero-order valence-electron chi connectivity index (χ0n) is 16.3. The SMILES string of the molecule is CSCCC1C(O)=C(C(=O)NC2CC(C)CC(C)(C)C2)C(=O)N1C(C)=O. The summed E-state index contributed by atoms with van der Waals surface area (Å²) >= 11 is 1.56. The molecule has 0 spiro atoms. The van der Waals surface area contributed by atoms with Gasteiger partial charge in [0.05, 0.1) is 6.04 Å². The van der Waals surface area contributed by atoms with Crippen LogP contribution in [0.4, 0.5) is 0 Å². The van der Waals surface area contributed by atoms with Crippen molar-refractivity contribution in [2.45, 2.75) is 65.5 Å². The number of carbonyl (C=O) groups is 3. The number of amides is 3. The Hall–Kier alpha value is -1.50. The zero-order chi connectivity index (χ0) is 19.6. The van der Waals surface area contributed by atoms with Crippen LogP contribution >= 0.6 is 11.8 Å². The van der Waals surface area contributed by atoms with Crippen LogP contribution in [0.1, 0.15) is 53.4 Å². The summed E-state index contributed by atoms with van der Waals surface area (Å²) < 4.78 is 0. The Balaban J connectivity index is 2.19. The molecular formula is C19H30N2O4S. The van der Waals surface area contributed by atoms with Crippen LogP contribution in [-0.4, -0.2) is 51.8 Å². The van der Waals surface area contributed by atoms with E-state index in [1.54, 1.807) is 11.8 Å². The molecular weight excluding hydrogens is 352 g/mol. The highest BCUT2D eigenvalue weighted by molar-refractivity contribution is 7.98. The topological polar surface area (TPSA) is 86.7 Å². The monoisotopic (exact) mass is 382 g/mol. The Labute approximate surface area is 159 Å². The van der Waals surface area contributed by atoms with Crippen LogP contribution in [0.25, 0.3) is 0 Å². The van der Waals surface area contributed by atoms with Gasteiger partial charge in [-0.05, 0) is 49.0 Å². The molecule has 7 heteroatoms. The largest absolute Gasteiger partial charge is 0.509 e. The molecule has 0 aromatic heterocycles. The summed E-state index contributed by atoms with van der Waals surface area (Å²) in [6, 6.07) is -0.778. The van der Waals surface area contributed by atoms with E-state index in [1.807, 2.05) is 6.26 Å². The molecule has 1 aliphatic heterocycles. The molecule has 1 aliphatic carbocycles. The second kappa shape index (κ2) is 8.03. The number of aliphatic hydroxyl groups excluding tert-OH is 1. The second-order valence-electron chi connectivity index (χ2n) is 8.34. The minimum Gasteiger partial charge on any atom is -0.509 e. The number of carbonyl (C=O) groups excluding carboxylic acids is 3. The summed E-state index contributed by atoms with van der Waals surface area (Å²) in [6.45, 7) is 7.79. The fraction of sp³-hybridized carbons (Fsp3) is 0.737. The van der Waals surface area contributed by atoms with Crippen LogP contribution in [0, 0.1) is 11.3 Å². The first-order valence-corrected chi connectivity index (χ1v) is 10.5. The number of hydrogen-bond donors (Lipinski definition) is 2. The summed E-state index contributed by atoms with van der Waals surface area (Å²) in [5.41, 5.74) is -0.153. The first-order valence-electron chi connectivity index (χ1n) is 9.14. The van der Waals surface area contributed by atoms with Crippen molar-refractivity contribution in [3.8, 4) is 0 Å². The van der Waals surface area contributed by atoms with Gasteiger partial charge in [0.25, 0.3) is 11.8 Å². The first kappa shape index (κ1) is 20.8. The number of aliphatic hydroxyl groups is 1. The fourth-order valence-electron chi connectivity index (χ4n) is 4.45. The molecule has 26 heavy (non-hydrogen) atoms. The van der Waals surface area contributed by atoms with Crippen molar-refractivity contribution in [2.24, 2.45) is 11.3 Å². The molecule has 146 valence electrons. The Morgan fingerprint density at radius 1 is 1.35 bits per heavy atom. The molecule has 2 rings (SSSR count). The minimum absolute atomic E-state index is 0.0367. The summed E-state index contributed by atoms with van der Waals surface area (Å²) in [6.07, 6.45) is 5.13. The Kier molecular flexibility index (Phi) is 6.42.